The van der Waals surface area contributed by atoms with Gasteiger partial charge in [-0.2, -0.15) is 5.26 Å². The Kier molecular flexibility index (Phi) is 8.05. The van der Waals surface area contributed by atoms with Gasteiger partial charge in [-0.25, -0.2) is 4.79 Å². The highest BCUT2D eigenvalue weighted by molar-refractivity contribution is 6.31. The minimum Gasteiger partial charge on any atom is -0.489 e. The molecule has 0 radical (unpaired) electrons. The van der Waals surface area contributed by atoms with Crippen LogP contribution < -0.4 is 4.74 Å². The van der Waals surface area contributed by atoms with Crippen molar-refractivity contribution >= 4 is 23.5 Å². The molecule has 220 valence electrons. The van der Waals surface area contributed by atoms with E-state index in [0.29, 0.717) is 29.5 Å². The second kappa shape index (κ2) is 11.3. The van der Waals surface area contributed by atoms with Crippen molar-refractivity contribution < 1.29 is 23.8 Å². The van der Waals surface area contributed by atoms with Gasteiger partial charge in [0.05, 0.1) is 17.7 Å². The minimum absolute atomic E-state index is 0.0329. The van der Waals surface area contributed by atoms with E-state index >= 15 is 0 Å². The Hall–Kier alpha value is -3.52. The zero-order valence-corrected chi connectivity index (χ0v) is 25.6. The van der Waals surface area contributed by atoms with Gasteiger partial charge in [-0.15, -0.1) is 0 Å². The van der Waals surface area contributed by atoms with Crippen LogP contribution in [-0.2, 0) is 20.8 Å². The molecule has 2 fully saturated rings. The Morgan fingerprint density at radius 1 is 1.10 bits per heavy atom. The first-order valence-electron chi connectivity index (χ1n) is 14.5. The van der Waals surface area contributed by atoms with Gasteiger partial charge in [0.25, 0.3) is 5.91 Å². The van der Waals surface area contributed by atoms with E-state index in [-0.39, 0.29) is 34.9 Å². The number of ether oxygens (including phenoxy) is 3. The number of carbonyl (C=O) groups is 2. The van der Waals surface area contributed by atoms with Gasteiger partial charge < -0.3 is 19.1 Å². The molecule has 1 aliphatic heterocycles. The molecule has 2 aliphatic carbocycles. The van der Waals surface area contributed by atoms with Crippen molar-refractivity contribution in [2.75, 3.05) is 13.7 Å². The van der Waals surface area contributed by atoms with Gasteiger partial charge in [-0.3, -0.25) is 4.79 Å². The van der Waals surface area contributed by atoms with E-state index in [1.165, 1.54) is 7.11 Å². The molecule has 7 nitrogen and oxygen atoms in total. The number of rotatable bonds is 9. The first-order valence-corrected chi connectivity index (χ1v) is 14.8. The largest absolute Gasteiger partial charge is 0.489 e. The maximum atomic E-state index is 13.6. The highest BCUT2D eigenvalue weighted by Gasteiger charge is 2.67. The number of amides is 1. The summed E-state index contributed by atoms with van der Waals surface area (Å²) in [7, 11) is 1.39. The summed E-state index contributed by atoms with van der Waals surface area (Å²) < 4.78 is 17.0. The van der Waals surface area contributed by atoms with Crippen molar-refractivity contribution in [2.24, 2.45) is 10.8 Å². The van der Waals surface area contributed by atoms with Crippen molar-refractivity contribution in [1.29, 1.82) is 5.26 Å². The highest BCUT2D eigenvalue weighted by atomic mass is 35.5. The molecule has 42 heavy (non-hydrogen) atoms. The number of halogens is 1. The number of hydrogen-bond donors (Lipinski definition) is 0. The van der Waals surface area contributed by atoms with E-state index in [2.05, 4.69) is 45.6 Å². The molecule has 0 N–H and O–H groups in total. The third-order valence-electron chi connectivity index (χ3n) is 8.89. The predicted octanol–water partition coefficient (Wildman–Crippen LogP) is 6.29. The molecule has 3 aliphatic rings. The summed E-state index contributed by atoms with van der Waals surface area (Å²) in [5, 5.41) is 9.54. The lowest BCUT2D eigenvalue weighted by Crippen LogP contribution is -2.74. The summed E-state index contributed by atoms with van der Waals surface area (Å²) >= 11 is 6.24. The van der Waals surface area contributed by atoms with Crippen LogP contribution in [0, 0.1) is 34.0 Å². The molecule has 0 unspecified atom stereocenters. The van der Waals surface area contributed by atoms with Crippen LogP contribution in [-0.4, -0.2) is 48.2 Å². The zero-order valence-electron chi connectivity index (χ0n) is 24.9. The van der Waals surface area contributed by atoms with E-state index in [1.807, 2.05) is 23.1 Å². The minimum atomic E-state index is -0.701. The van der Waals surface area contributed by atoms with E-state index in [4.69, 9.17) is 25.8 Å². The molecule has 2 aromatic carbocycles. The van der Waals surface area contributed by atoms with Crippen molar-refractivity contribution in [3.8, 4) is 23.7 Å². The lowest BCUT2D eigenvalue weighted by atomic mass is 9.49. The highest BCUT2D eigenvalue weighted by Crippen LogP contribution is 2.59. The van der Waals surface area contributed by atoms with Crippen LogP contribution >= 0.6 is 11.6 Å². The first kappa shape index (κ1) is 30.0. The smallest absolute Gasteiger partial charge is 0.338 e. The summed E-state index contributed by atoms with van der Waals surface area (Å²) in [4.78, 5) is 27.3. The molecule has 0 atom stereocenters. The second-order valence-corrected chi connectivity index (χ2v) is 13.1. The Morgan fingerprint density at radius 2 is 1.83 bits per heavy atom. The number of methoxy groups -OCH3 is 1. The number of carbonyl (C=O) groups excluding carboxylic acids is 2. The summed E-state index contributed by atoms with van der Waals surface area (Å²) in [5.41, 5.74) is 1.70. The molecule has 1 heterocycles. The third-order valence-corrected chi connectivity index (χ3v) is 9.21. The topological polar surface area (TPSA) is 88.9 Å². The number of nitriles is 1. The Morgan fingerprint density at radius 3 is 2.48 bits per heavy atom. The molecular weight excluding hydrogens is 552 g/mol. The molecule has 0 aromatic heterocycles. The van der Waals surface area contributed by atoms with Gasteiger partial charge in [0.15, 0.2) is 5.60 Å². The number of nitrogens with zero attached hydrogens (tertiary/aromatic N) is 2. The molecule has 0 spiro atoms. The van der Waals surface area contributed by atoms with E-state index in [1.54, 1.807) is 18.2 Å². The monoisotopic (exact) mass is 588 g/mol. The summed E-state index contributed by atoms with van der Waals surface area (Å²) in [5.74, 6) is 6.85. The second-order valence-electron chi connectivity index (χ2n) is 12.7. The standard InChI is InChI=1S/C34H37ClN2O5/c1-32(2)29(33(3,4)30(32)42-25-13-12-23(20-36)27(35)19-25)37-21-24-18-22(11-14-26(24)28(37)38)10-8-6-7-9-17-41-34(15-16-34)31(39)40-5/h11-14,18-19,29-30H,6-7,9,15-17,21H2,1-5H3. The normalized spacial score (nSPS) is 22.2. The average molecular weight is 589 g/mol. The fraction of sp³-hybridized carbons (Fsp3) is 0.500. The molecule has 0 bridgehead atoms. The van der Waals surface area contributed by atoms with Crippen LogP contribution in [0.4, 0.5) is 0 Å². The van der Waals surface area contributed by atoms with Gasteiger partial charge in [-0.05, 0) is 61.6 Å². The molecule has 0 saturated heterocycles. The van der Waals surface area contributed by atoms with Gasteiger partial charge in [0.1, 0.15) is 17.9 Å². The van der Waals surface area contributed by atoms with Crippen molar-refractivity contribution in [2.45, 2.75) is 84.1 Å². The van der Waals surface area contributed by atoms with Gasteiger partial charge in [0.2, 0.25) is 0 Å². The number of benzene rings is 2. The predicted molar refractivity (Wildman–Crippen MR) is 159 cm³/mol. The van der Waals surface area contributed by atoms with Crippen molar-refractivity contribution in [1.82, 2.24) is 4.90 Å². The van der Waals surface area contributed by atoms with E-state index in [9.17, 15) is 14.9 Å². The maximum absolute atomic E-state index is 13.6. The van der Waals surface area contributed by atoms with Crippen molar-refractivity contribution in [3.05, 3.63) is 63.7 Å². The van der Waals surface area contributed by atoms with Gasteiger partial charge in [-0.1, -0.05) is 51.1 Å². The van der Waals surface area contributed by atoms with Crippen molar-refractivity contribution in [3.63, 3.8) is 0 Å². The molecular formula is C34H37ClN2O5. The number of unbranched alkanes of at least 4 members (excludes halogenated alkanes) is 2. The summed E-state index contributed by atoms with van der Waals surface area (Å²) in [6, 6.07) is 13.0. The third kappa shape index (κ3) is 5.37. The lowest BCUT2D eigenvalue weighted by molar-refractivity contribution is -0.199. The van der Waals surface area contributed by atoms with Crippen LogP contribution in [0.5, 0.6) is 5.75 Å². The molecule has 8 heteroatoms. The van der Waals surface area contributed by atoms with Crippen LogP contribution in [0.25, 0.3) is 0 Å². The maximum Gasteiger partial charge on any atom is 0.338 e. The molecule has 1 amide bonds. The average Bonchev–Trinajstić information content (AvgIpc) is 3.68. The Bertz CT molecular complexity index is 1490. The fourth-order valence-electron chi connectivity index (χ4n) is 7.10. The molecule has 2 aromatic rings. The first-order chi connectivity index (χ1) is 19.9. The lowest BCUT2D eigenvalue weighted by Gasteiger charge is -2.65. The number of fused-ring (bicyclic) bond motifs is 1. The quantitative estimate of drug-likeness (QED) is 0.194. The molecule has 5 rings (SSSR count). The number of hydrogen-bond acceptors (Lipinski definition) is 6. The number of esters is 1. The van der Waals surface area contributed by atoms with Crippen LogP contribution in [0.15, 0.2) is 36.4 Å². The van der Waals surface area contributed by atoms with Crippen LogP contribution in [0.1, 0.15) is 86.8 Å². The summed E-state index contributed by atoms with van der Waals surface area (Å²) in [6.45, 7) is 9.60. The Labute approximate surface area is 253 Å². The zero-order chi connectivity index (χ0) is 30.3. The van der Waals surface area contributed by atoms with Gasteiger partial charge >= 0.3 is 5.97 Å². The molecule has 2 saturated carbocycles. The van der Waals surface area contributed by atoms with Crippen LogP contribution in [0.3, 0.4) is 0 Å². The van der Waals surface area contributed by atoms with E-state index < -0.39 is 5.60 Å². The Balaban J connectivity index is 1.18. The van der Waals surface area contributed by atoms with Gasteiger partial charge in [0, 0.05) is 53.6 Å². The summed E-state index contributed by atoms with van der Waals surface area (Å²) in [6.07, 6.45) is 3.75. The van der Waals surface area contributed by atoms with E-state index in [0.717, 1.165) is 48.8 Å². The SMILES string of the molecule is COC(=O)C1(OCCCCC#Cc2ccc3c(c2)CN(C2C(C)(C)C(Oc4ccc(C#N)c(Cl)c4)C2(C)C)C3=O)CC1. The van der Waals surface area contributed by atoms with Crippen LogP contribution in [0.2, 0.25) is 5.02 Å². The fourth-order valence-corrected chi connectivity index (χ4v) is 7.31.